The normalized spacial score (nSPS) is 11.8. The zero-order chi connectivity index (χ0) is 13.7. The molecule has 18 heavy (non-hydrogen) atoms. The van der Waals surface area contributed by atoms with Gasteiger partial charge in [-0.1, -0.05) is 0 Å². The molecule has 0 bridgehead atoms. The van der Waals surface area contributed by atoms with Crippen LogP contribution in [-0.4, -0.2) is 42.9 Å². The summed E-state index contributed by atoms with van der Waals surface area (Å²) in [5, 5.41) is 14.2. The van der Waals surface area contributed by atoms with Gasteiger partial charge in [-0.15, -0.1) is 0 Å². The Balaban J connectivity index is 2.81. The highest BCUT2D eigenvalue weighted by molar-refractivity contribution is 5.92. The summed E-state index contributed by atoms with van der Waals surface area (Å²) < 4.78 is 0. The van der Waals surface area contributed by atoms with Crippen molar-refractivity contribution in [2.24, 2.45) is 0 Å². The number of aliphatic hydroxyl groups is 1. The molecule has 3 N–H and O–H groups in total. The number of pyridine rings is 1. The fourth-order valence-electron chi connectivity index (χ4n) is 1.41. The van der Waals surface area contributed by atoms with Gasteiger partial charge in [0.1, 0.15) is 0 Å². The largest absolute Gasteiger partial charge is 0.394 e. The van der Waals surface area contributed by atoms with Crippen LogP contribution in [0.15, 0.2) is 12.1 Å². The molecular weight excluding hydrogens is 232 g/mol. The maximum atomic E-state index is 11.7. The maximum Gasteiger partial charge on any atom is 0.319 e. The number of carbonyl (C=O) groups excluding carboxylic acids is 1. The first kappa shape index (κ1) is 14.2. The van der Waals surface area contributed by atoms with Crippen LogP contribution in [0.2, 0.25) is 0 Å². The lowest BCUT2D eigenvalue weighted by molar-refractivity contribution is 0.229. The van der Waals surface area contributed by atoms with Gasteiger partial charge in [0.25, 0.3) is 0 Å². The summed E-state index contributed by atoms with van der Waals surface area (Å²) in [6, 6.07) is 3.00. The first-order valence-corrected chi connectivity index (χ1v) is 5.77. The number of aromatic nitrogens is 1. The second-order valence-electron chi connectivity index (χ2n) is 4.40. The molecule has 1 aromatic heterocycles. The number of aliphatic hydroxyl groups excluding tert-OH is 1. The van der Waals surface area contributed by atoms with Gasteiger partial charge in [0.15, 0.2) is 5.82 Å². The minimum absolute atomic E-state index is 0.0971. The Morgan fingerprint density at radius 2 is 2.17 bits per heavy atom. The van der Waals surface area contributed by atoms with Gasteiger partial charge in [0, 0.05) is 19.8 Å². The van der Waals surface area contributed by atoms with Crippen molar-refractivity contribution < 1.29 is 9.90 Å². The summed E-state index contributed by atoms with van der Waals surface area (Å²) in [5.41, 5.74) is 1.52. The van der Waals surface area contributed by atoms with Crippen LogP contribution in [0.1, 0.15) is 12.6 Å². The molecule has 2 amide bonds. The van der Waals surface area contributed by atoms with Gasteiger partial charge >= 0.3 is 6.03 Å². The van der Waals surface area contributed by atoms with Gasteiger partial charge in [-0.2, -0.15) is 0 Å². The number of nitrogens with zero attached hydrogens (tertiary/aromatic N) is 2. The smallest absolute Gasteiger partial charge is 0.319 e. The van der Waals surface area contributed by atoms with Crippen molar-refractivity contribution in [1.29, 1.82) is 0 Å². The molecule has 1 rings (SSSR count). The molecular formula is C12H20N4O2. The Hall–Kier alpha value is -1.82. The molecule has 1 heterocycles. The van der Waals surface area contributed by atoms with E-state index in [2.05, 4.69) is 15.6 Å². The van der Waals surface area contributed by atoms with Crippen LogP contribution < -0.4 is 15.5 Å². The third-order valence-corrected chi connectivity index (χ3v) is 2.34. The van der Waals surface area contributed by atoms with E-state index in [0.29, 0.717) is 11.5 Å². The van der Waals surface area contributed by atoms with E-state index in [4.69, 9.17) is 5.11 Å². The summed E-state index contributed by atoms with van der Waals surface area (Å²) in [7, 11) is 3.72. The van der Waals surface area contributed by atoms with Crippen molar-refractivity contribution in [2.75, 3.05) is 30.9 Å². The molecule has 0 saturated carbocycles. The van der Waals surface area contributed by atoms with Crippen molar-refractivity contribution in [1.82, 2.24) is 10.3 Å². The van der Waals surface area contributed by atoms with Crippen LogP contribution in [0.25, 0.3) is 0 Å². The van der Waals surface area contributed by atoms with Crippen LogP contribution in [0.4, 0.5) is 16.3 Å². The predicted molar refractivity (Wildman–Crippen MR) is 72.0 cm³/mol. The summed E-state index contributed by atoms with van der Waals surface area (Å²) in [5.74, 6) is 0.696. The van der Waals surface area contributed by atoms with Crippen molar-refractivity contribution in [2.45, 2.75) is 19.9 Å². The minimum atomic E-state index is -0.356. The Kier molecular flexibility index (Phi) is 4.91. The van der Waals surface area contributed by atoms with E-state index in [1.54, 1.807) is 13.0 Å². The molecule has 0 aliphatic heterocycles. The number of rotatable bonds is 4. The lowest BCUT2D eigenvalue weighted by Crippen LogP contribution is -2.38. The second kappa shape index (κ2) is 6.20. The predicted octanol–water partition coefficient (Wildman–Crippen LogP) is 0.958. The van der Waals surface area contributed by atoms with Gasteiger partial charge in [0.2, 0.25) is 0 Å². The SMILES string of the molecule is Cc1ccc(NC(=O)N[C@@H](C)CO)c(N(C)C)n1. The number of hydrogen-bond acceptors (Lipinski definition) is 4. The third kappa shape index (κ3) is 3.89. The standard InChI is InChI=1S/C12H20N4O2/c1-8-5-6-10(11(13-8)16(3)4)15-12(18)14-9(2)7-17/h5-6,9,17H,7H2,1-4H3,(H2,14,15,18)/t9-/m0/s1. The molecule has 6 nitrogen and oxygen atoms in total. The Labute approximate surface area is 107 Å². The molecule has 0 aromatic carbocycles. The Morgan fingerprint density at radius 1 is 1.50 bits per heavy atom. The summed E-state index contributed by atoms with van der Waals surface area (Å²) in [6.07, 6.45) is 0. The van der Waals surface area contributed by atoms with Crippen molar-refractivity contribution in [3.8, 4) is 0 Å². The minimum Gasteiger partial charge on any atom is -0.394 e. The summed E-state index contributed by atoms with van der Waals surface area (Å²) in [6.45, 7) is 3.52. The lowest BCUT2D eigenvalue weighted by Gasteiger charge is -2.18. The van der Waals surface area contributed by atoms with Crippen LogP contribution in [0.3, 0.4) is 0 Å². The molecule has 0 saturated heterocycles. The van der Waals surface area contributed by atoms with E-state index in [1.807, 2.05) is 32.0 Å². The number of carbonyl (C=O) groups is 1. The van der Waals surface area contributed by atoms with E-state index < -0.39 is 0 Å². The number of nitrogens with one attached hydrogen (secondary N) is 2. The first-order chi connectivity index (χ1) is 8.43. The zero-order valence-corrected chi connectivity index (χ0v) is 11.2. The highest BCUT2D eigenvalue weighted by Crippen LogP contribution is 2.21. The summed E-state index contributed by atoms with van der Waals surface area (Å²) in [4.78, 5) is 17.9. The third-order valence-electron chi connectivity index (χ3n) is 2.34. The van der Waals surface area contributed by atoms with Gasteiger partial charge in [-0.3, -0.25) is 0 Å². The molecule has 100 valence electrons. The highest BCUT2D eigenvalue weighted by atomic mass is 16.3. The fraction of sp³-hybridized carbons (Fsp3) is 0.500. The van der Waals surface area contributed by atoms with Gasteiger partial charge in [-0.25, -0.2) is 9.78 Å². The fourth-order valence-corrected chi connectivity index (χ4v) is 1.41. The number of amides is 2. The van der Waals surface area contributed by atoms with Gasteiger partial charge < -0.3 is 20.6 Å². The molecule has 0 unspecified atom stereocenters. The number of anilines is 2. The van der Waals surface area contributed by atoms with E-state index in [-0.39, 0.29) is 18.7 Å². The second-order valence-corrected chi connectivity index (χ2v) is 4.40. The van der Waals surface area contributed by atoms with Crippen molar-refractivity contribution in [3.63, 3.8) is 0 Å². The molecule has 1 atom stereocenters. The van der Waals surface area contributed by atoms with E-state index >= 15 is 0 Å². The summed E-state index contributed by atoms with van der Waals surface area (Å²) >= 11 is 0. The molecule has 0 radical (unpaired) electrons. The van der Waals surface area contributed by atoms with E-state index in [0.717, 1.165) is 5.69 Å². The molecule has 6 heteroatoms. The van der Waals surface area contributed by atoms with E-state index in [1.165, 1.54) is 0 Å². The number of urea groups is 1. The Bertz CT molecular complexity index is 421. The maximum absolute atomic E-state index is 11.7. The monoisotopic (exact) mass is 252 g/mol. The zero-order valence-electron chi connectivity index (χ0n) is 11.2. The average molecular weight is 252 g/mol. The molecule has 0 aliphatic rings. The molecule has 0 fully saturated rings. The number of hydrogen-bond donors (Lipinski definition) is 3. The quantitative estimate of drug-likeness (QED) is 0.746. The molecule has 0 aliphatic carbocycles. The molecule has 0 spiro atoms. The lowest BCUT2D eigenvalue weighted by atomic mass is 10.3. The highest BCUT2D eigenvalue weighted by Gasteiger charge is 2.11. The van der Waals surface area contributed by atoms with Crippen LogP contribution in [0.5, 0.6) is 0 Å². The van der Waals surface area contributed by atoms with Gasteiger partial charge in [-0.05, 0) is 26.0 Å². The van der Waals surface area contributed by atoms with Crippen LogP contribution in [-0.2, 0) is 0 Å². The number of aryl methyl sites for hydroxylation is 1. The van der Waals surface area contributed by atoms with Crippen LogP contribution in [0, 0.1) is 6.92 Å². The van der Waals surface area contributed by atoms with Crippen LogP contribution >= 0.6 is 0 Å². The first-order valence-electron chi connectivity index (χ1n) is 5.77. The average Bonchev–Trinajstić information content (AvgIpc) is 2.30. The Morgan fingerprint density at radius 3 is 2.72 bits per heavy atom. The van der Waals surface area contributed by atoms with Gasteiger partial charge in [0.05, 0.1) is 18.3 Å². The van der Waals surface area contributed by atoms with E-state index in [9.17, 15) is 4.79 Å². The molecule has 1 aromatic rings. The topological polar surface area (TPSA) is 77.5 Å². The van der Waals surface area contributed by atoms with Crippen molar-refractivity contribution >= 4 is 17.5 Å². The van der Waals surface area contributed by atoms with Crippen molar-refractivity contribution in [3.05, 3.63) is 17.8 Å².